The molecule has 0 saturated carbocycles. The zero-order valence-electron chi connectivity index (χ0n) is 10.5. The van der Waals surface area contributed by atoms with E-state index in [0.717, 1.165) is 12.0 Å². The van der Waals surface area contributed by atoms with E-state index in [4.69, 9.17) is 5.73 Å². The molecule has 2 N–H and O–H groups in total. The molecule has 1 aromatic carbocycles. The first kappa shape index (κ1) is 12.8. The molecule has 0 radical (unpaired) electrons. The number of urea groups is 1. The van der Waals surface area contributed by atoms with Crippen LogP contribution in [-0.2, 0) is 0 Å². The Labute approximate surface area is 106 Å². The fraction of sp³-hybridized carbons (Fsp3) is 0.462. The van der Waals surface area contributed by atoms with E-state index in [0.29, 0.717) is 19.6 Å². The minimum atomic E-state index is -0.270. The minimum Gasteiger partial charge on any atom is -0.330 e. The van der Waals surface area contributed by atoms with Gasteiger partial charge in [0.2, 0.25) is 0 Å². The van der Waals surface area contributed by atoms with Crippen LogP contribution in [0.4, 0.5) is 9.18 Å². The summed E-state index contributed by atoms with van der Waals surface area (Å²) in [6.45, 7) is 1.82. The first-order valence-corrected chi connectivity index (χ1v) is 6.10. The van der Waals surface area contributed by atoms with E-state index in [2.05, 4.69) is 0 Å². The average molecular weight is 251 g/mol. The molecule has 1 heterocycles. The predicted octanol–water partition coefficient (Wildman–Crippen LogP) is 1.58. The van der Waals surface area contributed by atoms with Gasteiger partial charge in [0.05, 0.1) is 6.04 Å². The summed E-state index contributed by atoms with van der Waals surface area (Å²) in [6.07, 6.45) is 0.787. The van der Waals surface area contributed by atoms with E-state index in [9.17, 15) is 9.18 Å². The molecule has 1 fully saturated rings. The van der Waals surface area contributed by atoms with Crippen LogP contribution in [0.1, 0.15) is 18.0 Å². The summed E-state index contributed by atoms with van der Waals surface area (Å²) in [5.74, 6) is -0.270. The van der Waals surface area contributed by atoms with Crippen molar-refractivity contribution in [2.24, 2.45) is 5.73 Å². The van der Waals surface area contributed by atoms with Gasteiger partial charge in [-0.1, -0.05) is 12.1 Å². The van der Waals surface area contributed by atoms with E-state index in [1.54, 1.807) is 22.9 Å². The van der Waals surface area contributed by atoms with Crippen LogP contribution in [0.2, 0.25) is 0 Å². The van der Waals surface area contributed by atoms with Crippen LogP contribution in [-0.4, -0.2) is 42.5 Å². The number of rotatable bonds is 4. The number of nitrogens with zero attached hydrogens (tertiary/aromatic N) is 2. The summed E-state index contributed by atoms with van der Waals surface area (Å²) in [5.41, 5.74) is 6.29. The van der Waals surface area contributed by atoms with E-state index in [-0.39, 0.29) is 17.9 Å². The maximum atomic E-state index is 13.2. The lowest BCUT2D eigenvalue weighted by molar-refractivity contribution is 0.195. The molecular formula is C13H18FN3O. The largest absolute Gasteiger partial charge is 0.330 e. The Hall–Kier alpha value is -1.62. The van der Waals surface area contributed by atoms with Crippen molar-refractivity contribution in [3.8, 4) is 0 Å². The van der Waals surface area contributed by atoms with Crippen LogP contribution in [0.5, 0.6) is 0 Å². The van der Waals surface area contributed by atoms with Crippen LogP contribution >= 0.6 is 0 Å². The number of nitrogens with two attached hydrogens (primary N) is 1. The van der Waals surface area contributed by atoms with Crippen molar-refractivity contribution in [1.29, 1.82) is 0 Å². The molecule has 1 unspecified atom stereocenters. The second-order valence-corrected chi connectivity index (χ2v) is 4.55. The molecule has 1 atom stereocenters. The highest BCUT2D eigenvalue weighted by Crippen LogP contribution is 2.28. The first-order chi connectivity index (χ1) is 8.63. The summed E-state index contributed by atoms with van der Waals surface area (Å²) in [7, 11) is 1.75. The Morgan fingerprint density at radius 1 is 1.50 bits per heavy atom. The number of hydrogen-bond donors (Lipinski definition) is 1. The van der Waals surface area contributed by atoms with Crippen molar-refractivity contribution in [2.45, 2.75) is 12.5 Å². The molecule has 0 spiro atoms. The standard InChI is InChI=1S/C13H18FN3O/c1-16-12(10-4-2-5-11(14)8-10)9-17(13(16)18)7-3-6-15/h2,4-5,8,12H,3,6-7,9,15H2,1H3. The lowest BCUT2D eigenvalue weighted by Gasteiger charge is -2.17. The number of carbonyl (C=O) groups is 1. The van der Waals surface area contributed by atoms with Crippen molar-refractivity contribution >= 4 is 6.03 Å². The van der Waals surface area contributed by atoms with Gasteiger partial charge in [0, 0.05) is 20.1 Å². The van der Waals surface area contributed by atoms with Crippen LogP contribution in [0.15, 0.2) is 24.3 Å². The highest BCUT2D eigenvalue weighted by atomic mass is 19.1. The summed E-state index contributed by atoms with van der Waals surface area (Å²) in [5, 5.41) is 0. The van der Waals surface area contributed by atoms with Gasteiger partial charge >= 0.3 is 6.03 Å². The molecule has 0 aromatic heterocycles. The van der Waals surface area contributed by atoms with Gasteiger partial charge in [0.15, 0.2) is 0 Å². The summed E-state index contributed by atoms with van der Waals surface area (Å²) >= 11 is 0. The van der Waals surface area contributed by atoms with Gasteiger partial charge in [-0.2, -0.15) is 0 Å². The first-order valence-electron chi connectivity index (χ1n) is 6.10. The fourth-order valence-electron chi connectivity index (χ4n) is 2.28. The van der Waals surface area contributed by atoms with Crippen molar-refractivity contribution in [3.63, 3.8) is 0 Å². The summed E-state index contributed by atoms with van der Waals surface area (Å²) < 4.78 is 13.2. The monoisotopic (exact) mass is 251 g/mol. The normalized spacial score (nSPS) is 19.7. The third kappa shape index (κ3) is 2.46. The van der Waals surface area contributed by atoms with Crippen LogP contribution < -0.4 is 5.73 Å². The predicted molar refractivity (Wildman–Crippen MR) is 67.5 cm³/mol. The molecule has 1 aromatic rings. The Balaban J connectivity index is 2.13. The zero-order valence-corrected chi connectivity index (χ0v) is 10.5. The van der Waals surface area contributed by atoms with E-state index < -0.39 is 0 Å². The van der Waals surface area contributed by atoms with Gasteiger partial charge in [0.25, 0.3) is 0 Å². The van der Waals surface area contributed by atoms with Gasteiger partial charge in [-0.05, 0) is 30.7 Å². The van der Waals surface area contributed by atoms with Gasteiger partial charge < -0.3 is 15.5 Å². The molecule has 1 aliphatic heterocycles. The molecule has 2 amide bonds. The number of amides is 2. The summed E-state index contributed by atoms with van der Waals surface area (Å²) in [4.78, 5) is 15.4. The quantitative estimate of drug-likeness (QED) is 0.883. The molecule has 1 saturated heterocycles. The molecule has 0 bridgehead atoms. The number of hydrogen-bond acceptors (Lipinski definition) is 2. The van der Waals surface area contributed by atoms with Crippen LogP contribution in [0.3, 0.4) is 0 Å². The second-order valence-electron chi connectivity index (χ2n) is 4.55. The number of likely N-dealkylation sites (N-methyl/N-ethyl adjacent to an activating group) is 1. The van der Waals surface area contributed by atoms with Crippen molar-refractivity contribution in [1.82, 2.24) is 9.80 Å². The lowest BCUT2D eigenvalue weighted by atomic mass is 10.1. The minimum absolute atomic E-state index is 0.0160. The molecule has 1 aliphatic rings. The topological polar surface area (TPSA) is 49.6 Å². The van der Waals surface area contributed by atoms with Crippen LogP contribution in [0, 0.1) is 5.82 Å². The van der Waals surface area contributed by atoms with E-state index >= 15 is 0 Å². The molecule has 18 heavy (non-hydrogen) atoms. The molecule has 2 rings (SSSR count). The van der Waals surface area contributed by atoms with E-state index in [1.165, 1.54) is 12.1 Å². The molecular weight excluding hydrogens is 233 g/mol. The third-order valence-corrected chi connectivity index (χ3v) is 3.30. The maximum Gasteiger partial charge on any atom is 0.320 e. The average Bonchev–Trinajstić information content (AvgIpc) is 2.64. The highest BCUT2D eigenvalue weighted by Gasteiger charge is 2.34. The van der Waals surface area contributed by atoms with Gasteiger partial charge in [-0.15, -0.1) is 0 Å². The van der Waals surface area contributed by atoms with Crippen molar-refractivity contribution in [3.05, 3.63) is 35.6 Å². The Morgan fingerprint density at radius 3 is 2.94 bits per heavy atom. The van der Waals surface area contributed by atoms with Crippen molar-refractivity contribution in [2.75, 3.05) is 26.7 Å². The number of carbonyl (C=O) groups excluding carboxylic acids is 1. The second kappa shape index (κ2) is 5.35. The Kier molecular flexibility index (Phi) is 3.81. The van der Waals surface area contributed by atoms with Gasteiger partial charge in [-0.25, -0.2) is 9.18 Å². The van der Waals surface area contributed by atoms with Crippen LogP contribution in [0.25, 0.3) is 0 Å². The van der Waals surface area contributed by atoms with Crippen molar-refractivity contribution < 1.29 is 9.18 Å². The smallest absolute Gasteiger partial charge is 0.320 e. The maximum absolute atomic E-state index is 13.2. The summed E-state index contributed by atoms with van der Waals surface area (Å²) in [6, 6.07) is 6.33. The Bertz CT molecular complexity index is 438. The molecule has 98 valence electrons. The molecule has 0 aliphatic carbocycles. The van der Waals surface area contributed by atoms with Gasteiger partial charge in [0.1, 0.15) is 5.82 Å². The Morgan fingerprint density at radius 2 is 2.28 bits per heavy atom. The highest BCUT2D eigenvalue weighted by molar-refractivity contribution is 5.77. The van der Waals surface area contributed by atoms with E-state index in [1.807, 2.05) is 6.07 Å². The number of halogens is 1. The zero-order chi connectivity index (χ0) is 13.1. The number of benzene rings is 1. The SMILES string of the molecule is CN1C(=O)N(CCCN)CC1c1cccc(F)c1. The third-order valence-electron chi connectivity index (χ3n) is 3.30. The lowest BCUT2D eigenvalue weighted by Crippen LogP contribution is -2.31. The van der Waals surface area contributed by atoms with Gasteiger partial charge in [-0.3, -0.25) is 0 Å². The molecule has 4 nitrogen and oxygen atoms in total. The molecule has 5 heteroatoms. The fourth-order valence-corrected chi connectivity index (χ4v) is 2.28.